The number of benzene rings is 2. The zero-order valence-corrected chi connectivity index (χ0v) is 16.3. The molecule has 3 aromatic rings. The van der Waals surface area contributed by atoms with Crippen molar-refractivity contribution in [2.24, 2.45) is 0 Å². The van der Waals surface area contributed by atoms with Crippen LogP contribution in [0.5, 0.6) is 5.75 Å². The minimum Gasteiger partial charge on any atom is -0.484 e. The molecule has 0 bridgehead atoms. The van der Waals surface area contributed by atoms with E-state index in [2.05, 4.69) is 4.98 Å². The predicted molar refractivity (Wildman–Crippen MR) is 106 cm³/mol. The predicted octanol–water partition coefficient (Wildman–Crippen LogP) is 4.46. The normalized spacial score (nSPS) is 16.2. The van der Waals surface area contributed by atoms with Gasteiger partial charge < -0.3 is 14.1 Å². The molecule has 1 atom stereocenters. The first-order valence-electron chi connectivity index (χ1n) is 9.77. The molecule has 1 fully saturated rings. The van der Waals surface area contributed by atoms with E-state index in [0.29, 0.717) is 30.4 Å². The first-order valence-corrected chi connectivity index (χ1v) is 9.77. The Morgan fingerprint density at radius 2 is 2.03 bits per heavy atom. The number of carbonyl (C=O) groups excluding carboxylic acids is 1. The number of hydrogen-bond donors (Lipinski definition) is 0. The van der Waals surface area contributed by atoms with Crippen molar-refractivity contribution in [3.8, 4) is 5.75 Å². The lowest BCUT2D eigenvalue weighted by Gasteiger charge is -2.22. The Balaban J connectivity index is 1.40. The molecule has 1 amide bonds. The molecule has 1 aliphatic heterocycles. The van der Waals surface area contributed by atoms with Crippen molar-refractivity contribution in [1.29, 1.82) is 0 Å². The zero-order valence-electron chi connectivity index (χ0n) is 16.3. The van der Waals surface area contributed by atoms with Gasteiger partial charge in [-0.25, -0.2) is 9.37 Å². The van der Waals surface area contributed by atoms with Crippen molar-refractivity contribution >= 4 is 5.91 Å². The highest BCUT2D eigenvalue weighted by Crippen LogP contribution is 2.32. The Hall–Kier alpha value is -3.15. The number of carbonyl (C=O) groups is 1. The second-order valence-electron chi connectivity index (χ2n) is 7.27. The molecule has 1 unspecified atom stereocenters. The number of likely N-dealkylation sites (tertiary alicyclic amines) is 1. The molecule has 0 spiro atoms. The number of halogens is 1. The molecule has 4 rings (SSSR count). The fraction of sp³-hybridized carbons (Fsp3) is 0.304. The van der Waals surface area contributed by atoms with E-state index in [1.165, 1.54) is 12.1 Å². The number of para-hydroxylation sites is 1. The summed E-state index contributed by atoms with van der Waals surface area (Å²) in [5.41, 5.74) is 1.94. The van der Waals surface area contributed by atoms with Crippen LogP contribution in [-0.4, -0.2) is 28.9 Å². The maximum atomic E-state index is 13.1. The molecule has 0 aliphatic carbocycles. The number of aryl methyl sites for hydroxylation is 1. The maximum absolute atomic E-state index is 13.1. The van der Waals surface area contributed by atoms with Crippen LogP contribution in [0, 0.1) is 12.7 Å². The molecule has 2 aromatic carbocycles. The number of aromatic nitrogens is 1. The summed E-state index contributed by atoms with van der Waals surface area (Å²) < 4.78 is 24.7. The molecule has 0 radical (unpaired) electrons. The van der Waals surface area contributed by atoms with E-state index in [-0.39, 0.29) is 24.4 Å². The van der Waals surface area contributed by atoms with E-state index in [4.69, 9.17) is 9.15 Å². The second-order valence-corrected chi connectivity index (χ2v) is 7.27. The van der Waals surface area contributed by atoms with Crippen molar-refractivity contribution in [2.45, 2.75) is 32.2 Å². The molecule has 0 N–H and O–H groups in total. The fourth-order valence-electron chi connectivity index (χ4n) is 3.62. The molecule has 150 valence electrons. The second kappa shape index (κ2) is 8.47. The van der Waals surface area contributed by atoms with Crippen LogP contribution in [0.2, 0.25) is 0 Å². The van der Waals surface area contributed by atoms with Gasteiger partial charge in [-0.3, -0.25) is 4.79 Å². The van der Waals surface area contributed by atoms with Crippen LogP contribution < -0.4 is 4.74 Å². The average Bonchev–Trinajstić information content (AvgIpc) is 3.38. The van der Waals surface area contributed by atoms with Gasteiger partial charge in [-0.05, 0) is 49.1 Å². The first kappa shape index (κ1) is 19.2. The maximum Gasteiger partial charge on any atom is 0.261 e. The smallest absolute Gasteiger partial charge is 0.261 e. The fourth-order valence-corrected chi connectivity index (χ4v) is 3.62. The summed E-state index contributed by atoms with van der Waals surface area (Å²) in [6, 6.07) is 13.8. The standard InChI is InChI=1S/C23H23FN2O3/c1-16-5-2-3-7-21(16)28-15-22(27)26-12-4-6-20(26)23-25-14-19(29-23)13-17-8-10-18(24)11-9-17/h2-3,5,7-11,14,20H,4,6,12-13,15H2,1H3. The third-order valence-electron chi connectivity index (χ3n) is 5.17. The molecule has 1 aliphatic rings. The summed E-state index contributed by atoms with van der Waals surface area (Å²) in [7, 11) is 0. The van der Waals surface area contributed by atoms with Crippen molar-refractivity contribution < 1.29 is 18.3 Å². The lowest BCUT2D eigenvalue weighted by molar-refractivity contribution is -0.134. The van der Waals surface area contributed by atoms with Crippen LogP contribution in [0.4, 0.5) is 4.39 Å². The van der Waals surface area contributed by atoms with Gasteiger partial charge in [0, 0.05) is 13.0 Å². The number of hydrogen-bond acceptors (Lipinski definition) is 4. The Morgan fingerprint density at radius 1 is 1.24 bits per heavy atom. The number of ether oxygens (including phenoxy) is 1. The van der Waals surface area contributed by atoms with Gasteiger partial charge in [0.15, 0.2) is 6.61 Å². The topological polar surface area (TPSA) is 55.6 Å². The zero-order chi connectivity index (χ0) is 20.2. The van der Waals surface area contributed by atoms with Gasteiger partial charge in [-0.1, -0.05) is 30.3 Å². The third-order valence-corrected chi connectivity index (χ3v) is 5.17. The quantitative estimate of drug-likeness (QED) is 0.620. The SMILES string of the molecule is Cc1ccccc1OCC(=O)N1CCCC1c1ncc(Cc2ccc(F)cc2)o1. The lowest BCUT2D eigenvalue weighted by atomic mass is 10.1. The van der Waals surface area contributed by atoms with Crippen molar-refractivity contribution in [3.63, 3.8) is 0 Å². The summed E-state index contributed by atoms with van der Waals surface area (Å²) in [6.45, 7) is 2.61. The molecule has 2 heterocycles. The van der Waals surface area contributed by atoms with Crippen molar-refractivity contribution in [1.82, 2.24) is 9.88 Å². The highest BCUT2D eigenvalue weighted by molar-refractivity contribution is 5.78. The largest absolute Gasteiger partial charge is 0.484 e. The Kier molecular flexibility index (Phi) is 5.60. The Morgan fingerprint density at radius 3 is 2.83 bits per heavy atom. The van der Waals surface area contributed by atoms with Gasteiger partial charge in [0.1, 0.15) is 23.4 Å². The van der Waals surface area contributed by atoms with E-state index in [0.717, 1.165) is 24.0 Å². The monoisotopic (exact) mass is 394 g/mol. The van der Waals surface area contributed by atoms with Gasteiger partial charge in [-0.2, -0.15) is 0 Å². The molecular weight excluding hydrogens is 371 g/mol. The molecule has 5 nitrogen and oxygen atoms in total. The van der Waals surface area contributed by atoms with Crippen LogP contribution >= 0.6 is 0 Å². The minimum absolute atomic E-state index is 0.00943. The van der Waals surface area contributed by atoms with Crippen molar-refractivity contribution in [2.75, 3.05) is 13.2 Å². The van der Waals surface area contributed by atoms with Crippen LogP contribution in [0.1, 0.15) is 41.7 Å². The van der Waals surface area contributed by atoms with E-state index < -0.39 is 0 Å². The van der Waals surface area contributed by atoms with Crippen LogP contribution in [0.15, 0.2) is 59.1 Å². The molecule has 29 heavy (non-hydrogen) atoms. The highest BCUT2D eigenvalue weighted by atomic mass is 19.1. The molecule has 1 aromatic heterocycles. The number of amides is 1. The first-order chi connectivity index (χ1) is 14.1. The number of rotatable bonds is 6. The highest BCUT2D eigenvalue weighted by Gasteiger charge is 2.33. The number of oxazole rings is 1. The van der Waals surface area contributed by atoms with E-state index in [9.17, 15) is 9.18 Å². The van der Waals surface area contributed by atoms with Crippen LogP contribution in [-0.2, 0) is 11.2 Å². The minimum atomic E-state index is -0.264. The lowest BCUT2D eigenvalue weighted by Crippen LogP contribution is -2.34. The average molecular weight is 394 g/mol. The summed E-state index contributed by atoms with van der Waals surface area (Å²) in [5.74, 6) is 1.62. The molecule has 0 saturated carbocycles. The van der Waals surface area contributed by atoms with E-state index in [1.54, 1.807) is 23.2 Å². The summed E-state index contributed by atoms with van der Waals surface area (Å²) >= 11 is 0. The summed E-state index contributed by atoms with van der Waals surface area (Å²) in [5, 5.41) is 0. The van der Waals surface area contributed by atoms with Crippen LogP contribution in [0.3, 0.4) is 0 Å². The molecule has 1 saturated heterocycles. The molecular formula is C23H23FN2O3. The van der Waals surface area contributed by atoms with Crippen molar-refractivity contribution in [3.05, 3.63) is 83.3 Å². The molecule has 6 heteroatoms. The van der Waals surface area contributed by atoms with Gasteiger partial charge in [-0.15, -0.1) is 0 Å². The summed E-state index contributed by atoms with van der Waals surface area (Å²) in [6.07, 6.45) is 3.93. The van der Waals surface area contributed by atoms with Crippen LogP contribution in [0.25, 0.3) is 0 Å². The van der Waals surface area contributed by atoms with Gasteiger partial charge in [0.2, 0.25) is 5.89 Å². The third kappa shape index (κ3) is 4.47. The van der Waals surface area contributed by atoms with E-state index in [1.807, 2.05) is 31.2 Å². The van der Waals surface area contributed by atoms with Gasteiger partial charge in [0.25, 0.3) is 5.91 Å². The Labute approximate surface area is 169 Å². The summed E-state index contributed by atoms with van der Waals surface area (Å²) in [4.78, 5) is 18.9. The van der Waals surface area contributed by atoms with E-state index >= 15 is 0 Å². The Bertz CT molecular complexity index is 984. The number of nitrogens with zero attached hydrogens (tertiary/aromatic N) is 2. The van der Waals surface area contributed by atoms with Gasteiger partial charge in [0.05, 0.1) is 6.20 Å². The van der Waals surface area contributed by atoms with Gasteiger partial charge >= 0.3 is 0 Å².